The third kappa shape index (κ3) is 8.89. The van der Waals surface area contributed by atoms with Crippen molar-refractivity contribution in [2.75, 3.05) is 6.54 Å². The minimum Gasteiger partial charge on any atom is -0.444 e. The molecule has 2 atom stereocenters. The Labute approximate surface area is 193 Å². The fourth-order valence-corrected chi connectivity index (χ4v) is 3.32. The molecule has 0 spiro atoms. The van der Waals surface area contributed by atoms with Gasteiger partial charge < -0.3 is 20.3 Å². The van der Waals surface area contributed by atoms with Gasteiger partial charge in [0.15, 0.2) is 0 Å². The Kier molecular flexibility index (Phi) is 10.7. The van der Waals surface area contributed by atoms with Crippen LogP contribution in [0, 0.1) is 6.92 Å². The largest absolute Gasteiger partial charge is 0.444 e. The average molecular weight is 448 g/mol. The summed E-state index contributed by atoms with van der Waals surface area (Å²) in [5.41, 5.74) is 1.13. The Hall–Kier alpha value is -2.57. The molecule has 0 aliphatic rings. The van der Waals surface area contributed by atoms with Crippen LogP contribution >= 0.6 is 0 Å². The van der Waals surface area contributed by atoms with Gasteiger partial charge in [-0.3, -0.25) is 9.59 Å². The maximum Gasteiger partial charge on any atom is 0.408 e. The lowest BCUT2D eigenvalue weighted by Gasteiger charge is -2.36. The van der Waals surface area contributed by atoms with Gasteiger partial charge in [-0.2, -0.15) is 0 Å². The molecule has 3 amide bonds. The Morgan fingerprint density at radius 1 is 1.03 bits per heavy atom. The molecule has 7 heteroatoms. The lowest BCUT2D eigenvalue weighted by Crippen LogP contribution is -2.54. The fourth-order valence-electron chi connectivity index (χ4n) is 3.32. The minimum absolute atomic E-state index is 0.225. The summed E-state index contributed by atoms with van der Waals surface area (Å²) in [5, 5.41) is 5.59. The van der Waals surface area contributed by atoms with Crippen molar-refractivity contribution in [2.45, 2.75) is 98.4 Å². The van der Waals surface area contributed by atoms with Crippen LogP contribution in [0.4, 0.5) is 4.79 Å². The molecule has 0 aliphatic heterocycles. The van der Waals surface area contributed by atoms with Gasteiger partial charge in [0.1, 0.15) is 17.7 Å². The number of amides is 3. The second kappa shape index (κ2) is 12.5. The predicted octanol–water partition coefficient (Wildman–Crippen LogP) is 4.49. The average Bonchev–Trinajstić information content (AvgIpc) is 2.67. The molecule has 1 rings (SSSR count). The maximum absolute atomic E-state index is 13.4. The first-order valence-corrected chi connectivity index (χ1v) is 11.5. The maximum atomic E-state index is 13.4. The van der Waals surface area contributed by atoms with Gasteiger partial charge in [0.05, 0.1) is 0 Å². The third-order valence-electron chi connectivity index (χ3n) is 4.91. The molecule has 0 radical (unpaired) electrons. The van der Waals surface area contributed by atoms with Crippen LogP contribution in [0.3, 0.4) is 0 Å². The summed E-state index contributed by atoms with van der Waals surface area (Å²) in [6.07, 6.45) is 2.30. The molecule has 2 N–H and O–H groups in total. The molecule has 180 valence electrons. The normalized spacial score (nSPS) is 13.3. The van der Waals surface area contributed by atoms with E-state index < -0.39 is 23.8 Å². The number of alkyl carbamates (subject to hydrolysis) is 1. The molecule has 0 bridgehead atoms. The van der Waals surface area contributed by atoms with E-state index in [0.717, 1.165) is 30.4 Å². The van der Waals surface area contributed by atoms with Crippen LogP contribution in [-0.2, 0) is 14.3 Å². The van der Waals surface area contributed by atoms with Crippen LogP contribution in [-0.4, -0.2) is 47.0 Å². The number of hydrogen-bond acceptors (Lipinski definition) is 4. The summed E-state index contributed by atoms with van der Waals surface area (Å²) in [6, 6.07) is 5.69. The molecule has 2 unspecified atom stereocenters. The summed E-state index contributed by atoms with van der Waals surface area (Å²) in [6.45, 7) is 15.2. The first-order chi connectivity index (χ1) is 14.9. The highest BCUT2D eigenvalue weighted by Gasteiger charge is 2.36. The number of aryl methyl sites for hydroxylation is 1. The van der Waals surface area contributed by atoms with Gasteiger partial charge in [-0.15, -0.1) is 0 Å². The van der Waals surface area contributed by atoms with Crippen molar-refractivity contribution < 1.29 is 19.1 Å². The monoisotopic (exact) mass is 447 g/mol. The highest BCUT2D eigenvalue weighted by Crippen LogP contribution is 2.25. The predicted molar refractivity (Wildman–Crippen MR) is 127 cm³/mol. The second-order valence-corrected chi connectivity index (χ2v) is 9.52. The van der Waals surface area contributed by atoms with Crippen LogP contribution < -0.4 is 10.6 Å². The number of hydrogen-bond donors (Lipinski definition) is 2. The van der Waals surface area contributed by atoms with Gasteiger partial charge >= 0.3 is 6.09 Å². The van der Waals surface area contributed by atoms with E-state index in [1.54, 1.807) is 32.6 Å². The van der Waals surface area contributed by atoms with E-state index in [1.165, 1.54) is 0 Å². The number of rotatable bonds is 10. The summed E-state index contributed by atoms with van der Waals surface area (Å²) in [4.78, 5) is 40.4. The molecule has 1 aromatic rings. The summed E-state index contributed by atoms with van der Waals surface area (Å²) < 4.78 is 5.28. The Morgan fingerprint density at radius 3 is 2.12 bits per heavy atom. The standard InChI is InChI=1S/C25H41N3O4/c1-9-10-11-16-26-22(29)21(20-14-12-18(4)13-15-20)28(17(2)3)23(30)19(5)27-24(31)32-25(6,7)8/h12-15,17,19,21H,9-11,16H2,1-8H3,(H,26,29)(H,27,31). The second-order valence-electron chi connectivity index (χ2n) is 9.52. The first-order valence-electron chi connectivity index (χ1n) is 11.5. The van der Waals surface area contributed by atoms with Crippen molar-refractivity contribution in [2.24, 2.45) is 0 Å². The van der Waals surface area contributed by atoms with Gasteiger partial charge in [-0.25, -0.2) is 4.79 Å². The topological polar surface area (TPSA) is 87.7 Å². The number of nitrogens with one attached hydrogen (secondary N) is 2. The van der Waals surface area contributed by atoms with E-state index in [4.69, 9.17) is 4.74 Å². The molecule has 0 saturated carbocycles. The van der Waals surface area contributed by atoms with Crippen LogP contribution in [0.1, 0.15) is 84.9 Å². The van der Waals surface area contributed by atoms with Crippen LogP contribution in [0.5, 0.6) is 0 Å². The molecule has 0 heterocycles. The fraction of sp³-hybridized carbons (Fsp3) is 0.640. The zero-order valence-electron chi connectivity index (χ0n) is 21.0. The third-order valence-corrected chi connectivity index (χ3v) is 4.91. The molecule has 1 aromatic carbocycles. The lowest BCUT2D eigenvalue weighted by atomic mass is 10.00. The molecule has 32 heavy (non-hydrogen) atoms. The summed E-state index contributed by atoms with van der Waals surface area (Å²) >= 11 is 0. The van der Waals surface area contributed by atoms with E-state index in [0.29, 0.717) is 6.54 Å². The van der Waals surface area contributed by atoms with Gasteiger partial charge in [-0.05, 0) is 60.5 Å². The summed E-state index contributed by atoms with van der Waals surface area (Å²) in [5.74, 6) is -0.573. The molecule has 0 aromatic heterocycles. The van der Waals surface area contributed by atoms with Gasteiger partial charge in [0.2, 0.25) is 11.8 Å². The van der Waals surface area contributed by atoms with Crippen molar-refractivity contribution in [3.8, 4) is 0 Å². The van der Waals surface area contributed by atoms with Crippen LogP contribution in [0.15, 0.2) is 24.3 Å². The van der Waals surface area contributed by atoms with E-state index in [-0.39, 0.29) is 17.9 Å². The highest BCUT2D eigenvalue weighted by molar-refractivity contribution is 5.92. The highest BCUT2D eigenvalue weighted by atomic mass is 16.6. The smallest absolute Gasteiger partial charge is 0.408 e. The van der Waals surface area contributed by atoms with Crippen molar-refractivity contribution in [1.82, 2.24) is 15.5 Å². The quantitative estimate of drug-likeness (QED) is 0.517. The zero-order chi connectivity index (χ0) is 24.5. The number of ether oxygens (including phenoxy) is 1. The van der Waals surface area contributed by atoms with Crippen molar-refractivity contribution in [3.05, 3.63) is 35.4 Å². The molecular formula is C25H41N3O4. The van der Waals surface area contributed by atoms with E-state index in [9.17, 15) is 14.4 Å². The lowest BCUT2D eigenvalue weighted by molar-refractivity contribution is -0.144. The number of carbonyl (C=O) groups excluding carboxylic acids is 3. The molecule has 0 saturated heterocycles. The SMILES string of the molecule is CCCCCNC(=O)C(c1ccc(C)cc1)N(C(=O)C(C)NC(=O)OC(C)(C)C)C(C)C. The van der Waals surface area contributed by atoms with E-state index in [1.807, 2.05) is 45.0 Å². The molecule has 0 fully saturated rings. The first kappa shape index (κ1) is 27.5. The Bertz CT molecular complexity index is 753. The van der Waals surface area contributed by atoms with Crippen molar-refractivity contribution >= 4 is 17.9 Å². The van der Waals surface area contributed by atoms with E-state index >= 15 is 0 Å². The Balaban J connectivity index is 3.17. The van der Waals surface area contributed by atoms with Crippen LogP contribution in [0.2, 0.25) is 0 Å². The number of benzene rings is 1. The summed E-state index contributed by atoms with van der Waals surface area (Å²) in [7, 11) is 0. The molecule has 7 nitrogen and oxygen atoms in total. The molecule has 0 aliphatic carbocycles. The van der Waals surface area contributed by atoms with Gasteiger partial charge in [0.25, 0.3) is 0 Å². The number of carbonyl (C=O) groups is 3. The zero-order valence-corrected chi connectivity index (χ0v) is 21.0. The Morgan fingerprint density at radius 2 is 1.62 bits per heavy atom. The van der Waals surface area contributed by atoms with Gasteiger partial charge in [-0.1, -0.05) is 49.6 Å². The van der Waals surface area contributed by atoms with Crippen molar-refractivity contribution in [3.63, 3.8) is 0 Å². The number of unbranched alkanes of at least 4 members (excludes halogenated alkanes) is 2. The molecular weight excluding hydrogens is 406 g/mol. The van der Waals surface area contributed by atoms with Gasteiger partial charge in [0, 0.05) is 12.6 Å². The van der Waals surface area contributed by atoms with Crippen molar-refractivity contribution in [1.29, 1.82) is 0 Å². The van der Waals surface area contributed by atoms with Crippen LogP contribution in [0.25, 0.3) is 0 Å². The number of nitrogens with zero attached hydrogens (tertiary/aromatic N) is 1. The minimum atomic E-state index is -0.854. The van der Waals surface area contributed by atoms with E-state index in [2.05, 4.69) is 17.6 Å².